The lowest BCUT2D eigenvalue weighted by atomic mass is 9.99. The van der Waals surface area contributed by atoms with Crippen LogP contribution in [-0.2, 0) is 14.3 Å². The molecule has 0 radical (unpaired) electrons. The van der Waals surface area contributed by atoms with Gasteiger partial charge in [0.2, 0.25) is 0 Å². The number of hydrogen-bond acceptors (Lipinski definition) is 4. The molecule has 21 heavy (non-hydrogen) atoms. The van der Waals surface area contributed by atoms with Crippen molar-refractivity contribution in [1.82, 2.24) is 0 Å². The summed E-state index contributed by atoms with van der Waals surface area (Å²) in [6, 6.07) is 7.72. The van der Waals surface area contributed by atoms with Gasteiger partial charge in [-0.3, -0.25) is 9.59 Å². The number of halogens is 1. The first-order chi connectivity index (χ1) is 10.0. The van der Waals surface area contributed by atoms with Crippen LogP contribution in [0.1, 0.15) is 39.5 Å². The van der Waals surface area contributed by atoms with Crippen molar-refractivity contribution in [2.24, 2.45) is 0 Å². The van der Waals surface area contributed by atoms with Gasteiger partial charge in [0.25, 0.3) is 0 Å². The summed E-state index contributed by atoms with van der Waals surface area (Å²) < 4.78 is 4.40. The quantitative estimate of drug-likeness (QED) is 0.765. The monoisotopic (exact) mass is 328 g/mol. The molecule has 0 aliphatic heterocycles. The van der Waals surface area contributed by atoms with Crippen LogP contribution in [0.25, 0.3) is 0 Å². The zero-order chi connectivity index (χ0) is 15.7. The summed E-state index contributed by atoms with van der Waals surface area (Å²) in [5.74, 6) is 0.170. The molecule has 1 unspecified atom stereocenters. The fourth-order valence-electron chi connectivity index (χ4n) is 1.97. The Bertz CT molecular complexity index is 476. The summed E-state index contributed by atoms with van der Waals surface area (Å²) >= 11 is 7.68. The fourth-order valence-corrected chi connectivity index (χ4v) is 3.42. The maximum Gasteiger partial charge on any atom is 0.302 e. The molecule has 3 nitrogen and oxygen atoms in total. The minimum atomic E-state index is -0.211. The van der Waals surface area contributed by atoms with Crippen LogP contribution in [0, 0.1) is 0 Å². The highest BCUT2D eigenvalue weighted by molar-refractivity contribution is 8.00. The molecule has 116 valence electrons. The van der Waals surface area contributed by atoms with E-state index >= 15 is 0 Å². The lowest BCUT2D eigenvalue weighted by Gasteiger charge is -2.20. The van der Waals surface area contributed by atoms with Gasteiger partial charge >= 0.3 is 5.97 Å². The van der Waals surface area contributed by atoms with Gasteiger partial charge in [-0.25, -0.2) is 0 Å². The molecule has 1 atom stereocenters. The van der Waals surface area contributed by atoms with Gasteiger partial charge in [-0.2, -0.15) is 0 Å². The van der Waals surface area contributed by atoms with Crippen molar-refractivity contribution in [2.75, 3.05) is 6.61 Å². The van der Waals surface area contributed by atoms with Gasteiger partial charge < -0.3 is 4.74 Å². The molecule has 5 heteroatoms. The second-order valence-electron chi connectivity index (χ2n) is 4.67. The first-order valence-corrected chi connectivity index (χ1v) is 8.37. The standard InChI is InChI=1S/C12H13ClOS.C4H8O2/c13-9-5-1-3-7-11(9)15-12-8-4-2-6-10(12)14;1-3-6-4(2)5/h1,3,5,7,12H,2,4,6,8H2;3H2,1-2H3. The van der Waals surface area contributed by atoms with E-state index in [1.807, 2.05) is 24.3 Å². The molecule has 1 aliphatic rings. The Morgan fingerprint density at radius 3 is 2.62 bits per heavy atom. The van der Waals surface area contributed by atoms with Crippen molar-refractivity contribution in [3.05, 3.63) is 29.3 Å². The highest BCUT2D eigenvalue weighted by Gasteiger charge is 2.23. The largest absolute Gasteiger partial charge is 0.466 e. The Morgan fingerprint density at radius 1 is 1.38 bits per heavy atom. The molecule has 0 amide bonds. The number of Topliss-reactive ketones (excluding diaryl/α,β-unsaturated/α-hetero) is 1. The summed E-state index contributed by atoms with van der Waals surface area (Å²) in [5, 5.41) is 0.875. The highest BCUT2D eigenvalue weighted by Crippen LogP contribution is 2.35. The molecule has 0 spiro atoms. The van der Waals surface area contributed by atoms with E-state index in [0.717, 1.165) is 35.6 Å². The molecule has 2 rings (SSSR count). The van der Waals surface area contributed by atoms with Crippen LogP contribution in [0.4, 0.5) is 0 Å². The minimum Gasteiger partial charge on any atom is -0.466 e. The molecule has 0 heterocycles. The minimum absolute atomic E-state index is 0.124. The number of ether oxygens (including phenoxy) is 1. The summed E-state index contributed by atoms with van der Waals surface area (Å²) in [7, 11) is 0. The maximum absolute atomic E-state index is 11.6. The average Bonchev–Trinajstić information content (AvgIpc) is 2.44. The zero-order valence-corrected chi connectivity index (χ0v) is 14.0. The Morgan fingerprint density at radius 2 is 2.10 bits per heavy atom. The van der Waals surface area contributed by atoms with Crippen LogP contribution in [0.15, 0.2) is 29.2 Å². The molecule has 1 aliphatic carbocycles. The second kappa shape index (κ2) is 9.85. The molecular weight excluding hydrogens is 308 g/mol. The molecule has 1 aromatic rings. The molecule has 1 aromatic carbocycles. The summed E-state index contributed by atoms with van der Waals surface area (Å²) in [6.07, 6.45) is 3.95. The second-order valence-corrected chi connectivity index (χ2v) is 6.33. The van der Waals surface area contributed by atoms with Crippen LogP contribution in [0.2, 0.25) is 5.02 Å². The van der Waals surface area contributed by atoms with Gasteiger partial charge in [0, 0.05) is 18.2 Å². The number of benzene rings is 1. The third-order valence-corrected chi connectivity index (χ3v) is 4.79. The Balaban J connectivity index is 0.000000315. The highest BCUT2D eigenvalue weighted by atomic mass is 35.5. The third-order valence-electron chi connectivity index (χ3n) is 2.95. The van der Waals surface area contributed by atoms with Gasteiger partial charge in [-0.1, -0.05) is 30.2 Å². The number of esters is 1. The van der Waals surface area contributed by atoms with E-state index in [4.69, 9.17) is 11.6 Å². The van der Waals surface area contributed by atoms with Gasteiger partial charge in [0.1, 0.15) is 5.78 Å². The fraction of sp³-hybridized carbons (Fsp3) is 0.500. The van der Waals surface area contributed by atoms with Crippen molar-refractivity contribution in [1.29, 1.82) is 0 Å². The number of ketones is 1. The first-order valence-electron chi connectivity index (χ1n) is 7.11. The molecule has 0 N–H and O–H groups in total. The normalized spacial score (nSPS) is 17.7. The van der Waals surface area contributed by atoms with E-state index in [0.29, 0.717) is 12.4 Å². The van der Waals surface area contributed by atoms with Gasteiger partial charge in [-0.05, 0) is 31.9 Å². The summed E-state index contributed by atoms with van der Waals surface area (Å²) in [5.41, 5.74) is 0. The van der Waals surface area contributed by atoms with Crippen molar-refractivity contribution in [3.63, 3.8) is 0 Å². The van der Waals surface area contributed by atoms with Crippen molar-refractivity contribution in [3.8, 4) is 0 Å². The molecule has 1 saturated carbocycles. The summed E-state index contributed by atoms with van der Waals surface area (Å²) in [4.78, 5) is 22.5. The predicted octanol–water partition coefficient (Wildman–Crippen LogP) is 4.51. The Labute approximate surface area is 135 Å². The average molecular weight is 329 g/mol. The van der Waals surface area contributed by atoms with E-state index in [9.17, 15) is 9.59 Å². The zero-order valence-electron chi connectivity index (χ0n) is 12.4. The van der Waals surface area contributed by atoms with Crippen LogP contribution < -0.4 is 0 Å². The molecular formula is C16H21ClO3S. The van der Waals surface area contributed by atoms with E-state index in [-0.39, 0.29) is 11.2 Å². The predicted molar refractivity (Wildman–Crippen MR) is 86.9 cm³/mol. The van der Waals surface area contributed by atoms with Crippen LogP contribution >= 0.6 is 23.4 Å². The first kappa shape index (κ1) is 18.1. The Hall–Kier alpha value is -1.00. The van der Waals surface area contributed by atoms with Gasteiger partial charge in [-0.15, -0.1) is 11.8 Å². The van der Waals surface area contributed by atoms with Crippen molar-refractivity contribution >= 4 is 35.1 Å². The molecule has 1 fully saturated rings. The number of thioether (sulfide) groups is 1. The van der Waals surface area contributed by atoms with E-state index in [1.165, 1.54) is 6.92 Å². The summed E-state index contributed by atoms with van der Waals surface area (Å²) in [6.45, 7) is 3.65. The Kier molecular flexibility index (Phi) is 8.47. The number of hydrogen-bond donors (Lipinski definition) is 0. The SMILES string of the molecule is CCOC(C)=O.O=C1CCCCC1Sc1ccccc1Cl. The smallest absolute Gasteiger partial charge is 0.302 e. The molecule has 0 saturated heterocycles. The molecule has 0 aromatic heterocycles. The van der Waals surface area contributed by atoms with E-state index in [1.54, 1.807) is 18.7 Å². The molecule has 0 bridgehead atoms. The number of carbonyl (C=O) groups excluding carboxylic acids is 2. The maximum atomic E-state index is 11.6. The third kappa shape index (κ3) is 7.00. The lowest BCUT2D eigenvalue weighted by Crippen LogP contribution is -2.21. The van der Waals surface area contributed by atoms with Crippen LogP contribution in [0.5, 0.6) is 0 Å². The lowest BCUT2D eigenvalue weighted by molar-refractivity contribution is -0.140. The van der Waals surface area contributed by atoms with E-state index in [2.05, 4.69) is 4.74 Å². The van der Waals surface area contributed by atoms with Crippen LogP contribution in [0.3, 0.4) is 0 Å². The van der Waals surface area contributed by atoms with Gasteiger partial charge in [0.05, 0.1) is 16.9 Å². The van der Waals surface area contributed by atoms with E-state index < -0.39 is 0 Å². The van der Waals surface area contributed by atoms with Gasteiger partial charge in [0.15, 0.2) is 0 Å². The van der Waals surface area contributed by atoms with Crippen molar-refractivity contribution in [2.45, 2.75) is 49.7 Å². The number of rotatable bonds is 3. The number of carbonyl (C=O) groups is 2. The van der Waals surface area contributed by atoms with Crippen molar-refractivity contribution < 1.29 is 14.3 Å². The van der Waals surface area contributed by atoms with Crippen LogP contribution in [-0.4, -0.2) is 23.6 Å². The topological polar surface area (TPSA) is 43.4 Å².